The molecular weight excluding hydrogens is 556 g/mol. The van der Waals surface area contributed by atoms with Crippen molar-refractivity contribution < 1.29 is 23.4 Å². The van der Waals surface area contributed by atoms with E-state index in [4.69, 9.17) is 18.6 Å². The van der Waals surface area contributed by atoms with Crippen molar-refractivity contribution in [1.29, 1.82) is 0 Å². The van der Waals surface area contributed by atoms with Gasteiger partial charge in [0.2, 0.25) is 0 Å². The molecule has 1 amide bonds. The highest BCUT2D eigenvalue weighted by atomic mass is 16.5. The van der Waals surface area contributed by atoms with Crippen LogP contribution in [0.3, 0.4) is 0 Å². The van der Waals surface area contributed by atoms with Crippen LogP contribution in [0.15, 0.2) is 47.1 Å². The largest absolute Gasteiger partial charge is 0.496 e. The van der Waals surface area contributed by atoms with Crippen molar-refractivity contribution in [3.8, 4) is 17.2 Å². The number of benzene rings is 2. The molecule has 5 heterocycles. The van der Waals surface area contributed by atoms with Crippen LogP contribution in [0, 0.1) is 5.92 Å². The Bertz CT molecular complexity index is 1600. The second-order valence-electron chi connectivity index (χ2n) is 12.7. The molecule has 2 aromatic carbocycles. The number of rotatable bonds is 9. The van der Waals surface area contributed by atoms with Crippen LogP contribution in [0.4, 0.5) is 0 Å². The number of piperidine rings is 3. The van der Waals surface area contributed by atoms with Crippen LogP contribution in [0.25, 0.3) is 21.9 Å². The zero-order chi connectivity index (χ0) is 30.0. The Morgan fingerprint density at radius 1 is 0.977 bits per heavy atom. The first-order chi connectivity index (χ1) is 21.6. The standard InChI is InChI=1S/C35H44N4O5/c1-41-26-17-32(42-2)34-24(22-44-33(34)18-26)21-43-31-10-5-8-28-27(31)19-29(37-28)35(40)36-25-11-15-38(16-12-25)20-23-7-6-14-39-13-4-3-9-30(23)39/h5,8,10,17-19,22-23,25,30,37H,3-4,6-7,9,11-16,20-21H2,1-2H3,(H,36,40). The molecule has 3 fully saturated rings. The molecule has 4 aromatic rings. The zero-order valence-electron chi connectivity index (χ0n) is 25.9. The van der Waals surface area contributed by atoms with Gasteiger partial charge in [0.25, 0.3) is 5.91 Å². The number of carbonyl (C=O) groups excluding carboxylic acids is 1. The minimum absolute atomic E-state index is 0.0600. The fraction of sp³-hybridized carbons (Fsp3) is 0.514. The zero-order valence-corrected chi connectivity index (χ0v) is 25.9. The quantitative estimate of drug-likeness (QED) is 0.245. The number of nitrogens with zero attached hydrogens (tertiary/aromatic N) is 2. The molecule has 2 aromatic heterocycles. The average Bonchev–Trinajstić information content (AvgIpc) is 3.69. The van der Waals surface area contributed by atoms with Gasteiger partial charge < -0.3 is 38.7 Å². The Morgan fingerprint density at radius 2 is 1.84 bits per heavy atom. The summed E-state index contributed by atoms with van der Waals surface area (Å²) < 4.78 is 23.0. The van der Waals surface area contributed by atoms with Crippen molar-refractivity contribution >= 4 is 27.8 Å². The topological polar surface area (TPSA) is 92.2 Å². The van der Waals surface area contributed by atoms with E-state index in [1.807, 2.05) is 36.4 Å². The molecule has 7 rings (SSSR count). The van der Waals surface area contributed by atoms with E-state index in [9.17, 15) is 4.79 Å². The summed E-state index contributed by atoms with van der Waals surface area (Å²) in [4.78, 5) is 22.0. The Morgan fingerprint density at radius 3 is 2.68 bits per heavy atom. The Hall–Kier alpha value is -3.69. The third-order valence-corrected chi connectivity index (χ3v) is 10.0. The molecule has 2 N–H and O–H groups in total. The normalized spacial score (nSPS) is 21.8. The maximum absolute atomic E-state index is 13.3. The van der Waals surface area contributed by atoms with Gasteiger partial charge >= 0.3 is 0 Å². The average molecular weight is 601 g/mol. The molecule has 0 radical (unpaired) electrons. The van der Waals surface area contributed by atoms with Crippen molar-refractivity contribution in [2.75, 3.05) is 46.9 Å². The first-order valence-electron chi connectivity index (χ1n) is 16.2. The van der Waals surface area contributed by atoms with Gasteiger partial charge in [-0.15, -0.1) is 0 Å². The van der Waals surface area contributed by atoms with Crippen LogP contribution in [-0.4, -0.2) is 79.7 Å². The highest BCUT2D eigenvalue weighted by Crippen LogP contribution is 2.36. The van der Waals surface area contributed by atoms with Crippen molar-refractivity contribution in [1.82, 2.24) is 20.1 Å². The van der Waals surface area contributed by atoms with E-state index in [0.29, 0.717) is 35.1 Å². The summed E-state index contributed by atoms with van der Waals surface area (Å²) >= 11 is 0. The molecule has 3 aliphatic heterocycles. The molecule has 234 valence electrons. The molecule has 3 saturated heterocycles. The molecule has 0 saturated carbocycles. The van der Waals surface area contributed by atoms with Crippen LogP contribution in [0.1, 0.15) is 61.0 Å². The summed E-state index contributed by atoms with van der Waals surface area (Å²) in [6, 6.07) is 12.4. The lowest BCUT2D eigenvalue weighted by molar-refractivity contribution is 0.0351. The lowest BCUT2D eigenvalue weighted by Crippen LogP contribution is -2.52. The maximum Gasteiger partial charge on any atom is 0.267 e. The lowest BCUT2D eigenvalue weighted by Gasteiger charge is -2.46. The van der Waals surface area contributed by atoms with E-state index in [1.54, 1.807) is 20.5 Å². The van der Waals surface area contributed by atoms with E-state index in [0.717, 1.165) is 59.7 Å². The molecule has 3 aliphatic rings. The number of amides is 1. The number of hydrogen-bond donors (Lipinski definition) is 2. The van der Waals surface area contributed by atoms with Crippen LogP contribution in [0.5, 0.6) is 17.2 Å². The number of nitrogens with one attached hydrogen (secondary N) is 2. The van der Waals surface area contributed by atoms with Crippen LogP contribution < -0.4 is 19.5 Å². The van der Waals surface area contributed by atoms with Crippen molar-refractivity contribution in [3.63, 3.8) is 0 Å². The van der Waals surface area contributed by atoms with Crippen molar-refractivity contribution in [3.05, 3.63) is 53.9 Å². The summed E-state index contributed by atoms with van der Waals surface area (Å²) in [6.07, 6.45) is 10.5. The fourth-order valence-corrected chi connectivity index (χ4v) is 7.73. The van der Waals surface area contributed by atoms with E-state index < -0.39 is 0 Å². The minimum Gasteiger partial charge on any atom is -0.496 e. The number of furan rings is 1. The number of ether oxygens (including phenoxy) is 3. The van der Waals surface area contributed by atoms with Gasteiger partial charge in [0.05, 0.1) is 25.9 Å². The van der Waals surface area contributed by atoms with Gasteiger partial charge in [0.15, 0.2) is 0 Å². The van der Waals surface area contributed by atoms with Crippen LogP contribution in [-0.2, 0) is 6.61 Å². The maximum atomic E-state index is 13.3. The molecule has 44 heavy (non-hydrogen) atoms. The first kappa shape index (κ1) is 29.0. The van der Waals surface area contributed by atoms with E-state index in [1.165, 1.54) is 51.7 Å². The van der Waals surface area contributed by atoms with Gasteiger partial charge in [-0.2, -0.15) is 0 Å². The van der Waals surface area contributed by atoms with E-state index >= 15 is 0 Å². The minimum atomic E-state index is -0.0600. The molecular formula is C35H44N4O5. The van der Waals surface area contributed by atoms with Gasteiger partial charge in [-0.25, -0.2) is 0 Å². The number of likely N-dealkylation sites (tertiary alicyclic amines) is 1. The third kappa shape index (κ3) is 5.87. The molecule has 9 heteroatoms. The smallest absolute Gasteiger partial charge is 0.267 e. The molecule has 0 aliphatic carbocycles. The predicted molar refractivity (Wildman–Crippen MR) is 171 cm³/mol. The Kier molecular flexibility index (Phi) is 8.41. The summed E-state index contributed by atoms with van der Waals surface area (Å²) in [5.41, 5.74) is 2.97. The molecule has 0 spiro atoms. The molecule has 0 bridgehead atoms. The van der Waals surface area contributed by atoms with E-state index in [2.05, 4.69) is 20.1 Å². The number of aromatic amines is 1. The van der Waals surface area contributed by atoms with Crippen molar-refractivity contribution in [2.45, 2.75) is 63.6 Å². The second kappa shape index (κ2) is 12.7. The summed E-state index contributed by atoms with van der Waals surface area (Å²) in [7, 11) is 3.24. The van der Waals surface area contributed by atoms with E-state index in [-0.39, 0.29) is 11.9 Å². The summed E-state index contributed by atoms with van der Waals surface area (Å²) in [5.74, 6) is 2.78. The SMILES string of the molecule is COc1cc(OC)c2c(COc3cccc4[nH]c(C(=O)NC5CCN(CC6CCCN7CCCCC67)CC5)cc34)coc2c1. The highest BCUT2D eigenvalue weighted by Gasteiger charge is 2.34. The Balaban J connectivity index is 0.964. The third-order valence-electron chi connectivity index (χ3n) is 10.0. The summed E-state index contributed by atoms with van der Waals surface area (Å²) in [5, 5.41) is 5.03. The van der Waals surface area contributed by atoms with Crippen LogP contribution >= 0.6 is 0 Å². The number of fused-ring (bicyclic) bond motifs is 3. The molecule has 9 nitrogen and oxygen atoms in total. The number of hydrogen-bond acceptors (Lipinski definition) is 7. The molecule has 2 unspecified atom stereocenters. The number of carbonyl (C=O) groups is 1. The van der Waals surface area contributed by atoms with Crippen LogP contribution in [0.2, 0.25) is 0 Å². The second-order valence-corrected chi connectivity index (χ2v) is 12.7. The monoisotopic (exact) mass is 600 g/mol. The summed E-state index contributed by atoms with van der Waals surface area (Å²) in [6.45, 7) is 6.20. The molecule has 2 atom stereocenters. The number of aromatic nitrogens is 1. The number of methoxy groups -OCH3 is 2. The lowest BCUT2D eigenvalue weighted by atomic mass is 9.83. The van der Waals surface area contributed by atoms with Crippen molar-refractivity contribution in [2.24, 2.45) is 5.92 Å². The Labute approximate surface area is 258 Å². The highest BCUT2D eigenvalue weighted by molar-refractivity contribution is 5.99. The first-order valence-corrected chi connectivity index (χ1v) is 16.2. The van der Waals surface area contributed by atoms with Gasteiger partial charge in [-0.05, 0) is 75.7 Å². The van der Waals surface area contributed by atoms with Gasteiger partial charge in [0.1, 0.15) is 35.1 Å². The van der Waals surface area contributed by atoms with Gasteiger partial charge in [-0.1, -0.05) is 12.5 Å². The van der Waals surface area contributed by atoms with Gasteiger partial charge in [0, 0.05) is 60.3 Å². The predicted octanol–water partition coefficient (Wildman–Crippen LogP) is 5.97. The van der Waals surface area contributed by atoms with Gasteiger partial charge in [-0.3, -0.25) is 4.79 Å². The number of H-pyrrole nitrogens is 1. The fourth-order valence-electron chi connectivity index (χ4n) is 7.73.